The number of nitrogen functional groups attached to an aromatic ring is 1. The fourth-order valence-corrected chi connectivity index (χ4v) is 3.37. The van der Waals surface area contributed by atoms with Gasteiger partial charge < -0.3 is 15.4 Å². The molecule has 0 aliphatic carbocycles. The zero-order valence-corrected chi connectivity index (χ0v) is 18.9. The zero-order valence-electron chi connectivity index (χ0n) is 18.9. The quantitative estimate of drug-likeness (QED) is 0.486. The number of unbranched alkanes of at least 4 members (excludes halogenated alkanes) is 2. The van der Waals surface area contributed by atoms with Crippen LogP contribution in [0.25, 0.3) is 0 Å². The van der Waals surface area contributed by atoms with Crippen molar-refractivity contribution < 1.29 is 9.53 Å². The second kappa shape index (κ2) is 11.1. The lowest BCUT2D eigenvalue weighted by atomic mass is 10.1. The molecule has 0 radical (unpaired) electrons. The molecule has 2 aromatic heterocycles. The minimum atomic E-state index is -0.675. The van der Waals surface area contributed by atoms with Crippen molar-refractivity contribution in [2.75, 3.05) is 17.2 Å². The molecule has 0 bridgehead atoms. The van der Waals surface area contributed by atoms with E-state index < -0.39 is 11.2 Å². The van der Waals surface area contributed by atoms with Crippen LogP contribution in [0, 0.1) is 0 Å². The molecule has 0 aliphatic heterocycles. The van der Waals surface area contributed by atoms with E-state index in [2.05, 4.69) is 9.97 Å². The van der Waals surface area contributed by atoms with Gasteiger partial charge in [0.25, 0.3) is 11.5 Å². The normalized spacial score (nSPS) is 10.7. The molecule has 0 saturated heterocycles. The van der Waals surface area contributed by atoms with E-state index in [1.165, 1.54) is 9.47 Å². The van der Waals surface area contributed by atoms with Crippen molar-refractivity contribution in [3.63, 3.8) is 0 Å². The Balaban J connectivity index is 1.94. The number of rotatable bonds is 10. The number of nitrogens with two attached hydrogens (primary N) is 1. The average molecular weight is 452 g/mol. The Labute approximate surface area is 191 Å². The molecule has 0 aliphatic rings. The van der Waals surface area contributed by atoms with E-state index in [0.29, 0.717) is 36.6 Å². The maximum absolute atomic E-state index is 13.4. The molecule has 1 aromatic carbocycles. The number of pyridine rings is 1. The van der Waals surface area contributed by atoms with Gasteiger partial charge in [0.1, 0.15) is 17.3 Å². The topological polar surface area (TPSA) is 123 Å². The molecule has 3 N–H and O–H groups in total. The molecule has 0 spiro atoms. The standard InChI is InChI=1S/C24H29N5O4/c1-3-5-14-28(20-21(25)29(15-6-4-2)24(32)27-22(20)30)23(31)17-9-11-18(12-10-17)33-19-8-7-13-26-16-19/h7-13,16H,3-6,14-15,25H2,1-2H3,(H,27,30,32). The smallest absolute Gasteiger partial charge is 0.330 e. The maximum Gasteiger partial charge on any atom is 0.330 e. The SMILES string of the molecule is CCCCN(C(=O)c1ccc(Oc2cccnc2)cc1)c1c(N)n(CCCC)c(=O)[nH]c1=O. The summed E-state index contributed by atoms with van der Waals surface area (Å²) < 4.78 is 7.04. The van der Waals surface area contributed by atoms with Crippen LogP contribution in [-0.2, 0) is 6.54 Å². The van der Waals surface area contributed by atoms with E-state index >= 15 is 0 Å². The van der Waals surface area contributed by atoms with Gasteiger partial charge in [-0.05, 0) is 49.2 Å². The molecule has 9 heteroatoms. The first-order valence-corrected chi connectivity index (χ1v) is 11.1. The molecule has 0 atom stereocenters. The van der Waals surface area contributed by atoms with Crippen LogP contribution in [0.1, 0.15) is 49.9 Å². The lowest BCUT2D eigenvalue weighted by molar-refractivity contribution is 0.0986. The number of aromatic nitrogens is 3. The highest BCUT2D eigenvalue weighted by Gasteiger charge is 2.25. The van der Waals surface area contributed by atoms with Gasteiger partial charge in [0, 0.05) is 24.8 Å². The van der Waals surface area contributed by atoms with Gasteiger partial charge in [-0.25, -0.2) is 4.79 Å². The van der Waals surface area contributed by atoms with Crippen LogP contribution < -0.4 is 26.6 Å². The number of H-pyrrole nitrogens is 1. The summed E-state index contributed by atoms with van der Waals surface area (Å²) in [5.74, 6) is 0.743. The van der Waals surface area contributed by atoms with Crippen LogP contribution in [0.15, 0.2) is 58.4 Å². The predicted octanol–water partition coefficient (Wildman–Crippen LogP) is 3.55. The van der Waals surface area contributed by atoms with Crippen LogP contribution in [0.5, 0.6) is 11.5 Å². The third-order valence-corrected chi connectivity index (χ3v) is 5.17. The van der Waals surface area contributed by atoms with Crippen molar-refractivity contribution in [1.29, 1.82) is 0 Å². The first-order chi connectivity index (χ1) is 16.0. The first kappa shape index (κ1) is 23.8. The number of hydrogen-bond donors (Lipinski definition) is 2. The number of anilines is 2. The Hall–Kier alpha value is -3.88. The average Bonchev–Trinajstić information content (AvgIpc) is 2.81. The lowest BCUT2D eigenvalue weighted by Crippen LogP contribution is -2.41. The molecule has 0 unspecified atom stereocenters. The minimum Gasteiger partial charge on any atom is -0.456 e. The first-order valence-electron chi connectivity index (χ1n) is 11.1. The largest absolute Gasteiger partial charge is 0.456 e. The number of amides is 1. The van der Waals surface area contributed by atoms with E-state index in [1.807, 2.05) is 13.8 Å². The summed E-state index contributed by atoms with van der Waals surface area (Å²) in [4.78, 5) is 46.1. The van der Waals surface area contributed by atoms with Gasteiger partial charge in [-0.3, -0.25) is 24.1 Å². The predicted molar refractivity (Wildman–Crippen MR) is 128 cm³/mol. The van der Waals surface area contributed by atoms with Crippen molar-refractivity contribution in [3.05, 3.63) is 75.2 Å². The van der Waals surface area contributed by atoms with E-state index in [9.17, 15) is 14.4 Å². The second-order valence-corrected chi connectivity index (χ2v) is 7.62. The fourth-order valence-electron chi connectivity index (χ4n) is 3.37. The number of hydrogen-bond acceptors (Lipinski definition) is 6. The Bertz CT molecular complexity index is 1190. The molecule has 9 nitrogen and oxygen atoms in total. The van der Waals surface area contributed by atoms with E-state index in [1.54, 1.807) is 48.8 Å². The summed E-state index contributed by atoms with van der Waals surface area (Å²) in [5.41, 5.74) is 5.37. The Kier molecular flexibility index (Phi) is 8.01. The van der Waals surface area contributed by atoms with E-state index in [0.717, 1.165) is 19.3 Å². The van der Waals surface area contributed by atoms with Crippen molar-refractivity contribution in [2.45, 2.75) is 46.1 Å². The summed E-state index contributed by atoms with van der Waals surface area (Å²) in [6, 6.07) is 10.2. The zero-order chi connectivity index (χ0) is 23.8. The highest BCUT2D eigenvalue weighted by Crippen LogP contribution is 2.24. The van der Waals surface area contributed by atoms with Crippen molar-refractivity contribution in [3.8, 4) is 11.5 Å². The highest BCUT2D eigenvalue weighted by molar-refractivity contribution is 6.07. The number of carbonyl (C=O) groups excluding carboxylic acids is 1. The monoisotopic (exact) mass is 451 g/mol. The second-order valence-electron chi connectivity index (χ2n) is 7.62. The number of carbonyl (C=O) groups is 1. The Morgan fingerprint density at radius 2 is 1.82 bits per heavy atom. The molecule has 0 saturated carbocycles. The Morgan fingerprint density at radius 3 is 2.45 bits per heavy atom. The van der Waals surface area contributed by atoms with Crippen LogP contribution in [0.2, 0.25) is 0 Å². The molecule has 0 fully saturated rings. The summed E-state index contributed by atoms with van der Waals surface area (Å²) in [6.45, 7) is 4.64. The van der Waals surface area contributed by atoms with Gasteiger partial charge in [0.15, 0.2) is 5.69 Å². The van der Waals surface area contributed by atoms with Gasteiger partial charge in [-0.15, -0.1) is 0 Å². The number of aromatic amines is 1. The Morgan fingerprint density at radius 1 is 1.09 bits per heavy atom. The van der Waals surface area contributed by atoms with Gasteiger partial charge in [-0.1, -0.05) is 26.7 Å². The number of nitrogens with one attached hydrogen (secondary N) is 1. The number of nitrogens with zero attached hydrogens (tertiary/aromatic N) is 3. The summed E-state index contributed by atoms with van der Waals surface area (Å²) in [6.07, 6.45) is 6.30. The molecule has 33 heavy (non-hydrogen) atoms. The molecule has 2 heterocycles. The van der Waals surface area contributed by atoms with Gasteiger partial charge >= 0.3 is 5.69 Å². The van der Waals surface area contributed by atoms with Crippen molar-refractivity contribution >= 4 is 17.4 Å². The van der Waals surface area contributed by atoms with E-state index in [4.69, 9.17) is 10.5 Å². The third-order valence-electron chi connectivity index (χ3n) is 5.17. The van der Waals surface area contributed by atoms with Gasteiger partial charge in [-0.2, -0.15) is 0 Å². The van der Waals surface area contributed by atoms with E-state index in [-0.39, 0.29) is 17.4 Å². The van der Waals surface area contributed by atoms with Crippen molar-refractivity contribution in [2.24, 2.45) is 0 Å². The van der Waals surface area contributed by atoms with Crippen LogP contribution in [0.4, 0.5) is 11.5 Å². The summed E-state index contributed by atoms with van der Waals surface area (Å²) >= 11 is 0. The molecule has 174 valence electrons. The number of ether oxygens (including phenoxy) is 1. The minimum absolute atomic E-state index is 0.000149. The molecular weight excluding hydrogens is 422 g/mol. The maximum atomic E-state index is 13.4. The fraction of sp³-hybridized carbons (Fsp3) is 0.333. The molecular formula is C24H29N5O4. The molecule has 1 amide bonds. The van der Waals surface area contributed by atoms with Crippen molar-refractivity contribution in [1.82, 2.24) is 14.5 Å². The lowest BCUT2D eigenvalue weighted by Gasteiger charge is -2.24. The highest BCUT2D eigenvalue weighted by atomic mass is 16.5. The van der Waals surface area contributed by atoms with Crippen LogP contribution in [-0.4, -0.2) is 27.0 Å². The van der Waals surface area contributed by atoms with Crippen LogP contribution in [0.3, 0.4) is 0 Å². The number of benzene rings is 1. The molecule has 3 rings (SSSR count). The van der Waals surface area contributed by atoms with Gasteiger partial charge in [0.05, 0.1) is 6.20 Å². The summed E-state index contributed by atoms with van der Waals surface area (Å²) in [5, 5.41) is 0. The third kappa shape index (κ3) is 5.68. The summed E-state index contributed by atoms with van der Waals surface area (Å²) in [7, 11) is 0. The van der Waals surface area contributed by atoms with Crippen LogP contribution >= 0.6 is 0 Å². The molecule has 3 aromatic rings. The van der Waals surface area contributed by atoms with Gasteiger partial charge in [0.2, 0.25) is 0 Å².